The first-order valence-corrected chi connectivity index (χ1v) is 14.6. The lowest BCUT2D eigenvalue weighted by Crippen LogP contribution is -2.32. The minimum absolute atomic E-state index is 0.0438. The van der Waals surface area contributed by atoms with Crippen LogP contribution in [0, 0.1) is 0 Å². The monoisotopic (exact) mass is 544 g/mol. The number of para-hydroxylation sites is 1. The molecular formula is C31H36N4O3S. The molecule has 0 unspecified atom stereocenters. The second-order valence-corrected chi connectivity index (χ2v) is 12.5. The van der Waals surface area contributed by atoms with Crippen molar-refractivity contribution in [1.29, 1.82) is 0 Å². The van der Waals surface area contributed by atoms with Crippen molar-refractivity contribution >= 4 is 26.8 Å². The Labute approximate surface area is 231 Å². The average molecular weight is 545 g/mol. The Bertz CT molecular complexity index is 1570. The van der Waals surface area contributed by atoms with Crippen LogP contribution in [0.15, 0.2) is 71.8 Å². The molecular weight excluding hydrogens is 508 g/mol. The smallest absolute Gasteiger partial charge is 0.264 e. The molecule has 1 amide bonds. The number of hydrogen-bond acceptors (Lipinski definition) is 6. The highest BCUT2D eigenvalue weighted by molar-refractivity contribution is 7.90. The van der Waals surface area contributed by atoms with E-state index in [4.69, 9.17) is 4.98 Å². The molecule has 0 atom stereocenters. The summed E-state index contributed by atoms with van der Waals surface area (Å²) in [6.45, 7) is 8.97. The standard InChI is InChI=1S/C31H36N4O3S/c1-20(2)26-15-24(31-32-18-23-9-7-8-10-29(23)33-31)16-27(21(3)4)28(26)17-30(36)34-39(37,38)25-13-11-22(12-14-25)19-35(5)6/h7-16,18,20-21H,17,19H2,1-6H3,(H,34,36). The van der Waals surface area contributed by atoms with E-state index < -0.39 is 15.9 Å². The minimum Gasteiger partial charge on any atom is -0.305 e. The maximum Gasteiger partial charge on any atom is 0.264 e. The Balaban J connectivity index is 1.65. The van der Waals surface area contributed by atoms with Crippen molar-refractivity contribution in [1.82, 2.24) is 19.6 Å². The zero-order valence-corrected chi connectivity index (χ0v) is 24.2. The van der Waals surface area contributed by atoms with Crippen molar-refractivity contribution in [3.8, 4) is 11.4 Å². The fraction of sp³-hybridized carbons (Fsp3) is 0.323. The van der Waals surface area contributed by atoms with Gasteiger partial charge in [0.1, 0.15) is 0 Å². The molecule has 0 radical (unpaired) electrons. The lowest BCUT2D eigenvalue weighted by Gasteiger charge is -2.21. The van der Waals surface area contributed by atoms with E-state index in [1.807, 2.05) is 61.6 Å². The highest BCUT2D eigenvalue weighted by Crippen LogP contribution is 2.33. The highest BCUT2D eigenvalue weighted by atomic mass is 32.2. The second-order valence-electron chi connectivity index (χ2n) is 10.8. The molecule has 8 heteroatoms. The number of sulfonamides is 1. The minimum atomic E-state index is -4.00. The Hall–Kier alpha value is -3.62. The predicted octanol–water partition coefficient (Wildman–Crippen LogP) is 5.65. The Morgan fingerprint density at radius 2 is 1.54 bits per heavy atom. The molecule has 39 heavy (non-hydrogen) atoms. The number of aromatic nitrogens is 2. The molecule has 1 aromatic heterocycles. The summed E-state index contributed by atoms with van der Waals surface area (Å²) >= 11 is 0. The van der Waals surface area contributed by atoms with Crippen LogP contribution >= 0.6 is 0 Å². The van der Waals surface area contributed by atoms with Crippen LogP contribution in [-0.2, 0) is 27.8 Å². The number of carbonyl (C=O) groups is 1. The van der Waals surface area contributed by atoms with Gasteiger partial charge in [0.25, 0.3) is 10.0 Å². The number of nitrogens with one attached hydrogen (secondary N) is 1. The summed E-state index contributed by atoms with van der Waals surface area (Å²) in [7, 11) is -0.101. The molecule has 0 aliphatic heterocycles. The lowest BCUT2D eigenvalue weighted by atomic mass is 9.85. The largest absolute Gasteiger partial charge is 0.305 e. The van der Waals surface area contributed by atoms with E-state index in [0.717, 1.165) is 38.7 Å². The molecule has 0 spiro atoms. The number of rotatable bonds is 9. The first-order chi connectivity index (χ1) is 18.4. The van der Waals surface area contributed by atoms with Gasteiger partial charge in [0.2, 0.25) is 5.91 Å². The molecule has 1 heterocycles. The van der Waals surface area contributed by atoms with Crippen molar-refractivity contribution < 1.29 is 13.2 Å². The maximum absolute atomic E-state index is 13.1. The number of carbonyl (C=O) groups excluding carboxylic acids is 1. The Kier molecular flexibility index (Phi) is 8.47. The van der Waals surface area contributed by atoms with Gasteiger partial charge in [-0.3, -0.25) is 4.79 Å². The van der Waals surface area contributed by atoms with Crippen LogP contribution in [0.1, 0.15) is 61.8 Å². The molecule has 0 saturated carbocycles. The van der Waals surface area contributed by atoms with Gasteiger partial charge in [-0.25, -0.2) is 23.1 Å². The van der Waals surface area contributed by atoms with Gasteiger partial charge >= 0.3 is 0 Å². The SMILES string of the molecule is CC(C)c1cc(-c2ncc3ccccc3n2)cc(C(C)C)c1CC(=O)NS(=O)(=O)c1ccc(CN(C)C)cc1. The molecule has 7 nitrogen and oxygen atoms in total. The van der Waals surface area contributed by atoms with Crippen LogP contribution in [0.4, 0.5) is 0 Å². The topological polar surface area (TPSA) is 92.3 Å². The number of amides is 1. The van der Waals surface area contributed by atoms with Gasteiger partial charge in [-0.05, 0) is 78.5 Å². The Morgan fingerprint density at radius 3 is 2.13 bits per heavy atom. The van der Waals surface area contributed by atoms with E-state index in [1.165, 1.54) is 12.1 Å². The first-order valence-electron chi connectivity index (χ1n) is 13.1. The van der Waals surface area contributed by atoms with E-state index in [0.29, 0.717) is 12.4 Å². The average Bonchev–Trinajstić information content (AvgIpc) is 2.87. The number of hydrogen-bond donors (Lipinski definition) is 1. The van der Waals surface area contributed by atoms with E-state index in [1.54, 1.807) is 12.1 Å². The molecule has 4 rings (SSSR count). The summed E-state index contributed by atoms with van der Waals surface area (Å²) in [5.41, 5.74) is 5.54. The van der Waals surface area contributed by atoms with E-state index >= 15 is 0 Å². The molecule has 1 N–H and O–H groups in total. The summed E-state index contributed by atoms with van der Waals surface area (Å²) in [6.07, 6.45) is 1.78. The molecule has 4 aromatic rings. The summed E-state index contributed by atoms with van der Waals surface area (Å²) in [6, 6.07) is 18.5. The zero-order valence-electron chi connectivity index (χ0n) is 23.4. The number of nitrogens with zero attached hydrogens (tertiary/aromatic N) is 3. The number of fused-ring (bicyclic) bond motifs is 1. The van der Waals surface area contributed by atoms with Gasteiger partial charge in [0.05, 0.1) is 16.8 Å². The Morgan fingerprint density at radius 1 is 0.923 bits per heavy atom. The molecule has 0 aliphatic carbocycles. The second kappa shape index (κ2) is 11.6. The molecule has 3 aromatic carbocycles. The fourth-order valence-corrected chi connectivity index (χ4v) is 5.72. The van der Waals surface area contributed by atoms with Crippen LogP contribution in [0.5, 0.6) is 0 Å². The van der Waals surface area contributed by atoms with Crippen molar-refractivity contribution in [3.05, 3.63) is 89.1 Å². The molecule has 0 aliphatic rings. The third-order valence-corrected chi connectivity index (χ3v) is 8.02. The quantitative estimate of drug-likeness (QED) is 0.293. The molecule has 0 saturated heterocycles. The van der Waals surface area contributed by atoms with Crippen molar-refractivity contribution in [3.63, 3.8) is 0 Å². The summed E-state index contributed by atoms with van der Waals surface area (Å²) < 4.78 is 28.3. The van der Waals surface area contributed by atoms with Gasteiger partial charge < -0.3 is 4.90 Å². The summed E-state index contributed by atoms with van der Waals surface area (Å²) in [5.74, 6) is 0.262. The van der Waals surface area contributed by atoms with Gasteiger partial charge in [0.15, 0.2) is 5.82 Å². The van der Waals surface area contributed by atoms with Crippen molar-refractivity contribution in [2.75, 3.05) is 14.1 Å². The predicted molar refractivity (Wildman–Crippen MR) is 156 cm³/mol. The van der Waals surface area contributed by atoms with Crippen LogP contribution in [0.3, 0.4) is 0 Å². The highest BCUT2D eigenvalue weighted by Gasteiger charge is 2.23. The summed E-state index contributed by atoms with van der Waals surface area (Å²) in [4.78, 5) is 24.6. The van der Waals surface area contributed by atoms with Crippen molar-refractivity contribution in [2.24, 2.45) is 0 Å². The van der Waals surface area contributed by atoms with Crippen LogP contribution in [0.2, 0.25) is 0 Å². The lowest BCUT2D eigenvalue weighted by molar-refractivity contribution is -0.118. The fourth-order valence-electron chi connectivity index (χ4n) is 4.74. The zero-order chi connectivity index (χ0) is 28.3. The van der Waals surface area contributed by atoms with E-state index in [2.05, 4.69) is 37.4 Å². The van der Waals surface area contributed by atoms with Gasteiger partial charge in [-0.2, -0.15) is 0 Å². The van der Waals surface area contributed by atoms with Gasteiger partial charge in [-0.1, -0.05) is 58.0 Å². The normalized spacial score (nSPS) is 12.0. The summed E-state index contributed by atoms with van der Waals surface area (Å²) in [5, 5.41) is 0.969. The van der Waals surface area contributed by atoms with Crippen LogP contribution < -0.4 is 4.72 Å². The van der Waals surface area contributed by atoms with Gasteiger partial charge in [-0.15, -0.1) is 0 Å². The third-order valence-electron chi connectivity index (χ3n) is 6.63. The van der Waals surface area contributed by atoms with Crippen LogP contribution in [-0.4, -0.2) is 43.3 Å². The number of benzene rings is 3. The van der Waals surface area contributed by atoms with Crippen molar-refractivity contribution in [2.45, 2.75) is 57.4 Å². The maximum atomic E-state index is 13.1. The van der Waals surface area contributed by atoms with Crippen LogP contribution in [0.25, 0.3) is 22.3 Å². The van der Waals surface area contributed by atoms with E-state index in [-0.39, 0.29) is 23.2 Å². The molecule has 0 bridgehead atoms. The molecule has 204 valence electrons. The van der Waals surface area contributed by atoms with E-state index in [9.17, 15) is 13.2 Å². The third kappa shape index (κ3) is 6.69. The van der Waals surface area contributed by atoms with Gasteiger partial charge in [0, 0.05) is 23.7 Å². The molecule has 0 fully saturated rings. The first kappa shape index (κ1) is 28.4.